The molecule has 0 saturated carbocycles. The predicted molar refractivity (Wildman–Crippen MR) is 124 cm³/mol. The molecule has 3 aromatic rings. The van der Waals surface area contributed by atoms with Crippen LogP contribution in [0.2, 0.25) is 0 Å². The van der Waals surface area contributed by atoms with E-state index in [0.29, 0.717) is 13.0 Å². The van der Waals surface area contributed by atoms with Crippen LogP contribution in [0.4, 0.5) is 5.13 Å². The number of aromatic nitrogens is 1. The van der Waals surface area contributed by atoms with Crippen molar-refractivity contribution in [2.24, 2.45) is 0 Å². The maximum absolute atomic E-state index is 13.3. The van der Waals surface area contributed by atoms with Crippen molar-refractivity contribution in [1.29, 1.82) is 0 Å². The van der Waals surface area contributed by atoms with Crippen molar-refractivity contribution >= 4 is 32.6 Å². The van der Waals surface area contributed by atoms with Crippen LogP contribution in [0.3, 0.4) is 0 Å². The first-order valence-electron chi connectivity index (χ1n) is 10.3. The van der Waals surface area contributed by atoms with Gasteiger partial charge in [-0.25, -0.2) is 4.98 Å². The number of fused-ring (bicyclic) bond motifs is 1. The lowest BCUT2D eigenvalue weighted by Gasteiger charge is -2.21. The van der Waals surface area contributed by atoms with Gasteiger partial charge in [0.1, 0.15) is 0 Å². The number of nitrogens with zero attached hydrogens (tertiary/aromatic N) is 3. The zero-order valence-corrected chi connectivity index (χ0v) is 19.0. The van der Waals surface area contributed by atoms with Crippen molar-refractivity contribution < 1.29 is 4.79 Å². The number of amides is 1. The van der Waals surface area contributed by atoms with Gasteiger partial charge < -0.3 is 4.90 Å². The van der Waals surface area contributed by atoms with E-state index in [4.69, 9.17) is 4.98 Å². The molecule has 1 aromatic heterocycles. The van der Waals surface area contributed by atoms with Gasteiger partial charge in [-0.2, -0.15) is 0 Å². The Kier molecular flexibility index (Phi) is 7.04. The van der Waals surface area contributed by atoms with Crippen LogP contribution in [-0.4, -0.2) is 43.0 Å². The van der Waals surface area contributed by atoms with Gasteiger partial charge in [0, 0.05) is 6.54 Å². The number of carbonyl (C=O) groups excluding carboxylic acids is 1. The summed E-state index contributed by atoms with van der Waals surface area (Å²) >= 11 is 1.62. The Bertz CT molecular complexity index is 993. The molecule has 1 heterocycles. The number of carbonyl (C=O) groups is 1. The summed E-state index contributed by atoms with van der Waals surface area (Å²) in [6, 6.07) is 12.6. The van der Waals surface area contributed by atoms with Crippen LogP contribution in [0.1, 0.15) is 35.6 Å². The number of thiazole rings is 1. The lowest BCUT2D eigenvalue weighted by atomic mass is 10.0. The summed E-state index contributed by atoms with van der Waals surface area (Å²) in [5.41, 5.74) is 5.81. The van der Waals surface area contributed by atoms with Crippen molar-refractivity contribution in [3.05, 3.63) is 58.7 Å². The van der Waals surface area contributed by atoms with E-state index in [1.807, 2.05) is 4.90 Å². The van der Waals surface area contributed by atoms with Gasteiger partial charge in [0.05, 0.1) is 16.6 Å². The third-order valence-corrected chi connectivity index (χ3v) is 6.36. The quantitative estimate of drug-likeness (QED) is 0.525. The number of aryl methyl sites for hydroxylation is 3. The molecule has 0 atom stereocenters. The third kappa shape index (κ3) is 5.22. The SMILES string of the molecule is CCc1cccc2sc(N(CCCN(C)C)C(=O)Cc3ccc(C)c(C)c3)nc12. The maximum atomic E-state index is 13.3. The molecule has 154 valence electrons. The van der Waals surface area contributed by atoms with Crippen molar-refractivity contribution in [3.63, 3.8) is 0 Å². The van der Waals surface area contributed by atoms with Crippen LogP contribution in [0.5, 0.6) is 0 Å². The molecular weight excluding hydrogens is 378 g/mol. The number of benzene rings is 2. The summed E-state index contributed by atoms with van der Waals surface area (Å²) in [6.45, 7) is 7.97. The first-order chi connectivity index (χ1) is 13.9. The Balaban J connectivity index is 1.89. The van der Waals surface area contributed by atoms with Crippen molar-refractivity contribution in [2.45, 2.75) is 40.0 Å². The second kappa shape index (κ2) is 9.51. The van der Waals surface area contributed by atoms with Gasteiger partial charge in [-0.15, -0.1) is 0 Å². The van der Waals surface area contributed by atoms with Gasteiger partial charge in [-0.1, -0.05) is 48.6 Å². The van der Waals surface area contributed by atoms with Crippen molar-refractivity contribution in [1.82, 2.24) is 9.88 Å². The van der Waals surface area contributed by atoms with Crippen molar-refractivity contribution in [3.8, 4) is 0 Å². The number of anilines is 1. The molecule has 1 amide bonds. The third-order valence-electron chi connectivity index (χ3n) is 5.32. The maximum Gasteiger partial charge on any atom is 0.233 e. The lowest BCUT2D eigenvalue weighted by molar-refractivity contribution is -0.118. The lowest BCUT2D eigenvalue weighted by Crippen LogP contribution is -2.34. The average Bonchev–Trinajstić information content (AvgIpc) is 3.11. The molecule has 0 aliphatic rings. The van der Waals surface area contributed by atoms with Crippen LogP contribution in [0.25, 0.3) is 10.2 Å². The molecule has 29 heavy (non-hydrogen) atoms. The monoisotopic (exact) mass is 409 g/mol. The highest BCUT2D eigenvalue weighted by Crippen LogP contribution is 2.31. The van der Waals surface area contributed by atoms with E-state index in [2.05, 4.69) is 76.2 Å². The first-order valence-corrected chi connectivity index (χ1v) is 11.1. The second-order valence-electron chi connectivity index (χ2n) is 7.91. The molecule has 0 spiro atoms. The van der Waals surface area contributed by atoms with Crippen LogP contribution >= 0.6 is 11.3 Å². The van der Waals surface area contributed by atoms with Crippen LogP contribution in [0, 0.1) is 13.8 Å². The topological polar surface area (TPSA) is 36.4 Å². The minimum atomic E-state index is 0.115. The van der Waals surface area contributed by atoms with Gasteiger partial charge in [-0.05, 0) is 75.6 Å². The fourth-order valence-corrected chi connectivity index (χ4v) is 4.51. The number of hydrogen-bond donors (Lipinski definition) is 0. The Labute approximate surface area is 178 Å². The fraction of sp³-hybridized carbons (Fsp3) is 0.417. The number of para-hydroxylation sites is 1. The Morgan fingerprint density at radius 3 is 2.55 bits per heavy atom. The molecule has 3 rings (SSSR count). The highest BCUT2D eigenvalue weighted by atomic mass is 32.1. The van der Waals surface area contributed by atoms with E-state index in [9.17, 15) is 4.79 Å². The molecule has 0 fully saturated rings. The molecule has 0 N–H and O–H groups in total. The molecule has 0 saturated heterocycles. The van der Waals surface area contributed by atoms with Gasteiger partial charge in [0.15, 0.2) is 5.13 Å². The fourth-order valence-electron chi connectivity index (χ4n) is 3.45. The second-order valence-corrected chi connectivity index (χ2v) is 8.92. The standard InChI is InChI=1S/C24H31N3OS/c1-6-20-9-7-10-21-23(20)25-24(29-21)27(14-8-13-26(4)5)22(28)16-19-12-11-17(2)18(3)15-19/h7,9-12,15H,6,8,13-14,16H2,1-5H3. The summed E-state index contributed by atoms with van der Waals surface area (Å²) in [4.78, 5) is 22.2. The summed E-state index contributed by atoms with van der Waals surface area (Å²) in [5, 5.41) is 0.813. The Hall–Kier alpha value is -2.24. The molecule has 0 radical (unpaired) electrons. The molecule has 4 nitrogen and oxygen atoms in total. The van der Waals surface area contributed by atoms with E-state index in [-0.39, 0.29) is 5.91 Å². The zero-order valence-electron chi connectivity index (χ0n) is 18.2. The van der Waals surface area contributed by atoms with E-state index in [1.165, 1.54) is 16.7 Å². The molecule has 0 bridgehead atoms. The average molecular weight is 410 g/mol. The molecular formula is C24H31N3OS. The van der Waals surface area contributed by atoms with Gasteiger partial charge in [-0.3, -0.25) is 9.69 Å². The summed E-state index contributed by atoms with van der Waals surface area (Å²) in [5.74, 6) is 0.115. The van der Waals surface area contributed by atoms with Gasteiger partial charge in [0.25, 0.3) is 0 Å². The minimum Gasteiger partial charge on any atom is -0.309 e. The Morgan fingerprint density at radius 1 is 1.07 bits per heavy atom. The number of hydrogen-bond acceptors (Lipinski definition) is 4. The van der Waals surface area contributed by atoms with E-state index < -0.39 is 0 Å². The Morgan fingerprint density at radius 2 is 1.86 bits per heavy atom. The smallest absolute Gasteiger partial charge is 0.233 e. The van der Waals surface area contributed by atoms with Crippen LogP contribution < -0.4 is 4.90 Å². The molecule has 0 aliphatic heterocycles. The van der Waals surface area contributed by atoms with Crippen molar-refractivity contribution in [2.75, 3.05) is 32.1 Å². The summed E-state index contributed by atoms with van der Waals surface area (Å²) < 4.78 is 1.15. The number of rotatable bonds is 8. The highest BCUT2D eigenvalue weighted by molar-refractivity contribution is 7.22. The molecule has 5 heteroatoms. The van der Waals surface area contributed by atoms with Gasteiger partial charge in [0.2, 0.25) is 5.91 Å². The highest BCUT2D eigenvalue weighted by Gasteiger charge is 2.20. The summed E-state index contributed by atoms with van der Waals surface area (Å²) in [6.07, 6.45) is 2.26. The van der Waals surface area contributed by atoms with Crippen LogP contribution in [0.15, 0.2) is 36.4 Å². The normalized spacial score (nSPS) is 11.4. The van der Waals surface area contributed by atoms with E-state index in [1.54, 1.807) is 11.3 Å². The summed E-state index contributed by atoms with van der Waals surface area (Å²) in [7, 11) is 4.12. The largest absolute Gasteiger partial charge is 0.309 e. The van der Waals surface area contributed by atoms with Crippen LogP contribution in [-0.2, 0) is 17.6 Å². The first kappa shape index (κ1) is 21.5. The molecule has 0 aliphatic carbocycles. The molecule has 2 aromatic carbocycles. The van der Waals surface area contributed by atoms with Gasteiger partial charge >= 0.3 is 0 Å². The minimum absolute atomic E-state index is 0.115. The molecule has 0 unspecified atom stereocenters. The predicted octanol–water partition coefficient (Wildman–Crippen LogP) is 5.00. The van der Waals surface area contributed by atoms with E-state index in [0.717, 1.165) is 40.3 Å². The zero-order chi connectivity index (χ0) is 21.0. The van der Waals surface area contributed by atoms with E-state index >= 15 is 0 Å².